The minimum Gasteiger partial charge on any atom is -0.360 e. The van der Waals surface area contributed by atoms with Gasteiger partial charge in [-0.3, -0.25) is 4.79 Å². The van der Waals surface area contributed by atoms with Crippen LogP contribution in [0, 0.1) is 13.8 Å². The van der Waals surface area contributed by atoms with E-state index in [-0.39, 0.29) is 28.8 Å². The number of aromatic nitrogens is 1. The van der Waals surface area contributed by atoms with Crippen molar-refractivity contribution in [2.45, 2.75) is 37.4 Å². The standard InChI is InChI=1S/C15H23N3O6S/c1-11-14(12(2)24-16-11)25(20,21)17(3)10-13(19)18-6-4-15(5-7-18)22-8-9-23-15/h4-10H2,1-3H3. The number of nitrogens with zero attached hydrogens (tertiary/aromatic N) is 3. The summed E-state index contributed by atoms with van der Waals surface area (Å²) in [6.07, 6.45) is 1.19. The summed E-state index contributed by atoms with van der Waals surface area (Å²) in [6, 6.07) is 0. The van der Waals surface area contributed by atoms with E-state index in [0.717, 1.165) is 4.31 Å². The zero-order chi connectivity index (χ0) is 18.2. The van der Waals surface area contributed by atoms with Crippen molar-refractivity contribution in [3.63, 3.8) is 0 Å². The van der Waals surface area contributed by atoms with Gasteiger partial charge in [-0.1, -0.05) is 5.16 Å². The highest BCUT2D eigenvalue weighted by Gasteiger charge is 2.41. The Balaban J connectivity index is 1.63. The van der Waals surface area contributed by atoms with Gasteiger partial charge in [-0.2, -0.15) is 4.31 Å². The minimum atomic E-state index is -3.83. The predicted octanol–water partition coefficient (Wildman–Crippen LogP) is 0.277. The topological polar surface area (TPSA) is 102 Å². The van der Waals surface area contributed by atoms with E-state index in [1.165, 1.54) is 14.0 Å². The molecular weight excluding hydrogens is 350 g/mol. The van der Waals surface area contributed by atoms with Crippen LogP contribution in [0.5, 0.6) is 0 Å². The Hall–Kier alpha value is -1.49. The highest BCUT2D eigenvalue weighted by atomic mass is 32.2. The van der Waals surface area contributed by atoms with Crippen LogP contribution in [-0.4, -0.2) is 74.4 Å². The average Bonchev–Trinajstić information content (AvgIpc) is 3.15. The Morgan fingerprint density at radius 3 is 2.36 bits per heavy atom. The quantitative estimate of drug-likeness (QED) is 0.747. The van der Waals surface area contributed by atoms with E-state index >= 15 is 0 Å². The Morgan fingerprint density at radius 1 is 1.24 bits per heavy atom. The third-order valence-corrected chi connectivity index (χ3v) is 6.73. The number of aryl methyl sites for hydroxylation is 2. The summed E-state index contributed by atoms with van der Waals surface area (Å²) >= 11 is 0. The van der Waals surface area contributed by atoms with Gasteiger partial charge in [0.25, 0.3) is 0 Å². The molecule has 1 amide bonds. The third kappa shape index (κ3) is 3.43. The zero-order valence-electron chi connectivity index (χ0n) is 14.6. The van der Waals surface area contributed by atoms with Gasteiger partial charge >= 0.3 is 0 Å². The number of hydrogen-bond donors (Lipinski definition) is 0. The van der Waals surface area contributed by atoms with Crippen molar-refractivity contribution in [1.82, 2.24) is 14.4 Å². The SMILES string of the molecule is Cc1noc(C)c1S(=O)(=O)N(C)CC(=O)N1CCC2(CC1)OCCO2. The summed E-state index contributed by atoms with van der Waals surface area (Å²) < 4.78 is 42.6. The van der Waals surface area contributed by atoms with Crippen LogP contribution in [0.1, 0.15) is 24.3 Å². The molecule has 140 valence electrons. The number of piperidine rings is 1. The van der Waals surface area contributed by atoms with Gasteiger partial charge in [0.15, 0.2) is 11.5 Å². The van der Waals surface area contributed by atoms with Crippen LogP contribution >= 0.6 is 0 Å². The fraction of sp³-hybridized carbons (Fsp3) is 0.733. The van der Waals surface area contributed by atoms with Gasteiger partial charge in [-0.25, -0.2) is 8.42 Å². The molecule has 1 spiro atoms. The fourth-order valence-electron chi connectivity index (χ4n) is 3.26. The maximum absolute atomic E-state index is 12.7. The summed E-state index contributed by atoms with van der Waals surface area (Å²) in [6.45, 7) is 4.98. The molecule has 3 rings (SSSR count). The number of amides is 1. The number of rotatable bonds is 4. The lowest BCUT2D eigenvalue weighted by molar-refractivity contribution is -0.187. The minimum absolute atomic E-state index is 0.0214. The second kappa shape index (κ2) is 6.67. The maximum Gasteiger partial charge on any atom is 0.248 e. The molecule has 1 aromatic rings. The van der Waals surface area contributed by atoms with E-state index < -0.39 is 15.8 Å². The first-order valence-electron chi connectivity index (χ1n) is 8.20. The summed E-state index contributed by atoms with van der Waals surface area (Å²) in [5.41, 5.74) is 0.284. The molecule has 0 unspecified atom stereocenters. The van der Waals surface area contributed by atoms with Gasteiger partial charge in [-0.15, -0.1) is 0 Å². The van der Waals surface area contributed by atoms with Crippen LogP contribution in [-0.2, 0) is 24.3 Å². The Bertz CT molecular complexity index is 724. The van der Waals surface area contributed by atoms with Crippen molar-refractivity contribution < 1.29 is 27.2 Å². The number of likely N-dealkylation sites (N-methyl/N-ethyl adjacent to an activating group) is 1. The number of likely N-dealkylation sites (tertiary alicyclic amines) is 1. The second-order valence-electron chi connectivity index (χ2n) is 6.40. The first kappa shape index (κ1) is 18.3. The van der Waals surface area contributed by atoms with Crippen molar-refractivity contribution >= 4 is 15.9 Å². The zero-order valence-corrected chi connectivity index (χ0v) is 15.5. The summed E-state index contributed by atoms with van der Waals surface area (Å²) in [7, 11) is -2.45. The normalized spacial score (nSPS) is 20.6. The Morgan fingerprint density at radius 2 is 1.84 bits per heavy atom. The molecule has 2 aliphatic rings. The van der Waals surface area contributed by atoms with Crippen LogP contribution in [0.25, 0.3) is 0 Å². The lowest BCUT2D eigenvalue weighted by Gasteiger charge is -2.38. The molecule has 2 fully saturated rings. The third-order valence-electron chi connectivity index (χ3n) is 4.69. The molecular formula is C15H23N3O6S. The molecule has 0 radical (unpaired) electrons. The fourth-order valence-corrected chi connectivity index (χ4v) is 4.66. The Labute approximate surface area is 146 Å². The molecule has 25 heavy (non-hydrogen) atoms. The second-order valence-corrected chi connectivity index (χ2v) is 8.38. The van der Waals surface area contributed by atoms with Gasteiger partial charge in [-0.05, 0) is 13.8 Å². The van der Waals surface area contributed by atoms with E-state index in [1.807, 2.05) is 0 Å². The predicted molar refractivity (Wildman–Crippen MR) is 86.2 cm³/mol. The molecule has 3 heterocycles. The largest absolute Gasteiger partial charge is 0.360 e. The molecule has 1 aromatic heterocycles. The van der Waals surface area contributed by atoms with E-state index in [9.17, 15) is 13.2 Å². The van der Waals surface area contributed by atoms with E-state index in [1.54, 1.807) is 11.8 Å². The number of sulfonamides is 1. The van der Waals surface area contributed by atoms with Gasteiger partial charge in [0.1, 0.15) is 10.6 Å². The summed E-state index contributed by atoms with van der Waals surface area (Å²) in [4.78, 5) is 14.2. The van der Waals surface area contributed by atoms with Crippen LogP contribution in [0.15, 0.2) is 9.42 Å². The summed E-state index contributed by atoms with van der Waals surface area (Å²) in [5, 5.41) is 3.67. The molecule has 10 heteroatoms. The van der Waals surface area contributed by atoms with Gasteiger partial charge in [0.05, 0.1) is 19.8 Å². The molecule has 2 saturated heterocycles. The Kier molecular flexibility index (Phi) is 4.89. The smallest absolute Gasteiger partial charge is 0.248 e. The molecule has 0 bridgehead atoms. The van der Waals surface area contributed by atoms with Crippen LogP contribution in [0.3, 0.4) is 0 Å². The van der Waals surface area contributed by atoms with Crippen LogP contribution in [0.4, 0.5) is 0 Å². The molecule has 0 aliphatic carbocycles. The summed E-state index contributed by atoms with van der Waals surface area (Å²) in [5.74, 6) is -0.594. The van der Waals surface area contributed by atoms with Gasteiger partial charge in [0.2, 0.25) is 15.9 Å². The highest BCUT2D eigenvalue weighted by Crippen LogP contribution is 2.31. The van der Waals surface area contributed by atoms with E-state index in [2.05, 4.69) is 5.16 Å². The first-order chi connectivity index (χ1) is 11.8. The number of carbonyl (C=O) groups is 1. The molecule has 0 atom stereocenters. The van der Waals surface area contributed by atoms with Crippen molar-refractivity contribution in [2.75, 3.05) is 39.9 Å². The van der Waals surface area contributed by atoms with Crippen LogP contribution < -0.4 is 0 Å². The molecule has 2 aliphatic heterocycles. The highest BCUT2D eigenvalue weighted by molar-refractivity contribution is 7.89. The molecule has 0 N–H and O–H groups in total. The molecule has 0 saturated carbocycles. The lowest BCUT2D eigenvalue weighted by Crippen LogP contribution is -2.50. The van der Waals surface area contributed by atoms with Crippen LogP contribution in [0.2, 0.25) is 0 Å². The lowest BCUT2D eigenvalue weighted by atomic mass is 10.0. The number of ether oxygens (including phenoxy) is 2. The maximum atomic E-state index is 12.7. The average molecular weight is 373 g/mol. The molecule has 9 nitrogen and oxygen atoms in total. The van der Waals surface area contributed by atoms with Crippen molar-refractivity contribution in [3.05, 3.63) is 11.5 Å². The first-order valence-corrected chi connectivity index (χ1v) is 9.64. The molecule has 0 aromatic carbocycles. The van der Waals surface area contributed by atoms with Gasteiger partial charge < -0.3 is 18.9 Å². The van der Waals surface area contributed by atoms with Gasteiger partial charge in [0, 0.05) is 33.0 Å². The number of hydrogen-bond acceptors (Lipinski definition) is 7. The van der Waals surface area contributed by atoms with Crippen molar-refractivity contribution in [2.24, 2.45) is 0 Å². The monoisotopic (exact) mass is 373 g/mol. The van der Waals surface area contributed by atoms with E-state index in [4.69, 9.17) is 14.0 Å². The van der Waals surface area contributed by atoms with Crippen molar-refractivity contribution in [3.8, 4) is 0 Å². The van der Waals surface area contributed by atoms with Crippen molar-refractivity contribution in [1.29, 1.82) is 0 Å². The van der Waals surface area contributed by atoms with E-state index in [0.29, 0.717) is 39.1 Å². The number of carbonyl (C=O) groups excluding carboxylic acids is 1.